The highest BCUT2D eigenvalue weighted by atomic mass is 16.5. The Bertz CT molecular complexity index is 534. The third-order valence-corrected chi connectivity index (χ3v) is 3.28. The van der Waals surface area contributed by atoms with E-state index in [0.717, 1.165) is 0 Å². The van der Waals surface area contributed by atoms with Crippen LogP contribution in [0.4, 0.5) is 0 Å². The van der Waals surface area contributed by atoms with Crippen molar-refractivity contribution in [1.82, 2.24) is 9.88 Å². The summed E-state index contributed by atoms with van der Waals surface area (Å²) in [5.74, 6) is -0.594. The molecule has 1 aliphatic heterocycles. The Balaban J connectivity index is 2.23. The number of rotatable bonds is 3. The molecule has 0 bridgehead atoms. The topological polar surface area (TPSA) is 94.8 Å². The van der Waals surface area contributed by atoms with E-state index in [1.807, 2.05) is 0 Å². The molecule has 108 valence electrons. The molecular weight excluding hydrogens is 262 g/mol. The normalized spacial score (nSPS) is 22.4. The van der Waals surface area contributed by atoms with Crippen molar-refractivity contribution in [3.05, 3.63) is 23.9 Å². The summed E-state index contributed by atoms with van der Waals surface area (Å²) in [7, 11) is 1.45. The highest BCUT2D eigenvalue weighted by Crippen LogP contribution is 2.22. The number of morpholine rings is 1. The molecule has 0 aromatic carbocycles. The quantitative estimate of drug-likeness (QED) is 0.827. The van der Waals surface area contributed by atoms with Gasteiger partial charge in [0.2, 0.25) is 5.88 Å². The van der Waals surface area contributed by atoms with Crippen LogP contribution in [0.5, 0.6) is 5.88 Å². The van der Waals surface area contributed by atoms with Crippen LogP contribution in [0.2, 0.25) is 0 Å². The van der Waals surface area contributed by atoms with Crippen molar-refractivity contribution >= 4 is 11.8 Å². The molecule has 0 unspecified atom stereocenters. The first-order valence-corrected chi connectivity index (χ1v) is 6.20. The van der Waals surface area contributed by atoms with Crippen LogP contribution in [0.15, 0.2) is 18.3 Å². The minimum Gasteiger partial charge on any atom is -0.480 e. The van der Waals surface area contributed by atoms with Gasteiger partial charge in [-0.3, -0.25) is 9.59 Å². The molecule has 1 atom stereocenters. The highest BCUT2D eigenvalue weighted by molar-refractivity contribution is 5.97. The smallest absolute Gasteiger partial charge is 0.259 e. The number of hydrogen-bond donors (Lipinski definition) is 1. The van der Waals surface area contributed by atoms with Crippen LogP contribution in [-0.2, 0) is 9.53 Å². The number of pyridine rings is 1. The first-order chi connectivity index (χ1) is 9.48. The summed E-state index contributed by atoms with van der Waals surface area (Å²) in [4.78, 5) is 29.4. The van der Waals surface area contributed by atoms with Gasteiger partial charge in [0.25, 0.3) is 11.8 Å². The molecule has 1 aliphatic rings. The summed E-state index contributed by atoms with van der Waals surface area (Å²) >= 11 is 0. The zero-order valence-corrected chi connectivity index (χ0v) is 11.5. The predicted molar refractivity (Wildman–Crippen MR) is 70.2 cm³/mol. The Kier molecular flexibility index (Phi) is 3.89. The van der Waals surface area contributed by atoms with Crippen molar-refractivity contribution in [2.45, 2.75) is 12.5 Å². The molecule has 0 aliphatic carbocycles. The maximum Gasteiger partial charge on any atom is 0.259 e. The largest absolute Gasteiger partial charge is 0.480 e. The van der Waals surface area contributed by atoms with Crippen LogP contribution in [0.25, 0.3) is 0 Å². The van der Waals surface area contributed by atoms with E-state index in [9.17, 15) is 9.59 Å². The van der Waals surface area contributed by atoms with E-state index in [1.165, 1.54) is 12.0 Å². The lowest BCUT2D eigenvalue weighted by molar-refractivity contribution is -0.150. The minimum absolute atomic E-state index is 0.110. The van der Waals surface area contributed by atoms with E-state index in [-0.39, 0.29) is 24.9 Å². The van der Waals surface area contributed by atoms with Crippen molar-refractivity contribution in [2.75, 3.05) is 26.8 Å². The summed E-state index contributed by atoms with van der Waals surface area (Å²) in [6.45, 7) is 2.34. The molecule has 1 aromatic heterocycles. The molecular formula is C13H17N3O4. The number of amides is 2. The van der Waals surface area contributed by atoms with Gasteiger partial charge in [-0.25, -0.2) is 4.98 Å². The van der Waals surface area contributed by atoms with Crippen molar-refractivity contribution in [2.24, 2.45) is 5.73 Å². The number of nitrogens with zero attached hydrogens (tertiary/aromatic N) is 2. The molecule has 1 fully saturated rings. The Labute approximate surface area is 116 Å². The number of carbonyl (C=O) groups is 2. The minimum atomic E-state index is -1.16. The molecule has 0 radical (unpaired) electrons. The average molecular weight is 279 g/mol. The van der Waals surface area contributed by atoms with Crippen LogP contribution in [-0.4, -0.2) is 54.1 Å². The van der Waals surface area contributed by atoms with E-state index >= 15 is 0 Å². The third kappa shape index (κ3) is 2.57. The van der Waals surface area contributed by atoms with Crippen LogP contribution < -0.4 is 10.5 Å². The second-order valence-electron chi connectivity index (χ2n) is 4.73. The maximum atomic E-state index is 12.5. The lowest BCUT2D eigenvalue weighted by Gasteiger charge is -2.38. The first-order valence-electron chi connectivity index (χ1n) is 6.20. The molecule has 0 spiro atoms. The average Bonchev–Trinajstić information content (AvgIpc) is 2.46. The summed E-state index contributed by atoms with van der Waals surface area (Å²) in [6.07, 6.45) is 1.54. The Morgan fingerprint density at radius 3 is 2.95 bits per heavy atom. The number of hydrogen-bond acceptors (Lipinski definition) is 5. The third-order valence-electron chi connectivity index (χ3n) is 3.28. The number of methoxy groups -OCH3 is 1. The van der Waals surface area contributed by atoms with Crippen molar-refractivity contribution in [1.29, 1.82) is 0 Å². The van der Waals surface area contributed by atoms with Gasteiger partial charge in [-0.2, -0.15) is 0 Å². The zero-order valence-electron chi connectivity index (χ0n) is 11.5. The fourth-order valence-electron chi connectivity index (χ4n) is 2.08. The molecule has 2 amide bonds. The summed E-state index contributed by atoms with van der Waals surface area (Å²) in [5.41, 5.74) is 4.51. The fourth-order valence-corrected chi connectivity index (χ4v) is 2.08. The van der Waals surface area contributed by atoms with Crippen molar-refractivity contribution in [3.8, 4) is 5.88 Å². The predicted octanol–water partition coefficient (Wildman–Crippen LogP) is -0.193. The highest BCUT2D eigenvalue weighted by Gasteiger charge is 2.39. The van der Waals surface area contributed by atoms with E-state index in [4.69, 9.17) is 15.2 Å². The van der Waals surface area contributed by atoms with Gasteiger partial charge in [0, 0.05) is 12.7 Å². The lowest BCUT2D eigenvalue weighted by Crippen LogP contribution is -2.58. The first kappa shape index (κ1) is 14.3. The molecule has 2 heterocycles. The Morgan fingerprint density at radius 1 is 1.55 bits per heavy atom. The van der Waals surface area contributed by atoms with Gasteiger partial charge < -0.3 is 20.1 Å². The van der Waals surface area contributed by atoms with Gasteiger partial charge in [-0.1, -0.05) is 0 Å². The molecule has 2 N–H and O–H groups in total. The Morgan fingerprint density at radius 2 is 2.30 bits per heavy atom. The molecule has 7 heteroatoms. The SMILES string of the molecule is COc1ncccc1C(=O)N1CCO[C@](C)(C(N)=O)C1. The van der Waals surface area contributed by atoms with Gasteiger partial charge in [-0.15, -0.1) is 0 Å². The van der Waals surface area contributed by atoms with E-state index in [2.05, 4.69) is 4.98 Å². The molecule has 7 nitrogen and oxygen atoms in total. The van der Waals surface area contributed by atoms with Gasteiger partial charge in [0.15, 0.2) is 5.60 Å². The molecule has 0 saturated carbocycles. The van der Waals surface area contributed by atoms with Gasteiger partial charge in [0.1, 0.15) is 5.56 Å². The van der Waals surface area contributed by atoms with Gasteiger partial charge in [0.05, 0.1) is 20.3 Å². The molecule has 1 saturated heterocycles. The number of ether oxygens (including phenoxy) is 2. The zero-order chi connectivity index (χ0) is 14.8. The number of nitrogens with two attached hydrogens (primary N) is 1. The summed E-state index contributed by atoms with van der Waals surface area (Å²) in [5, 5.41) is 0. The van der Waals surface area contributed by atoms with Gasteiger partial charge in [-0.05, 0) is 19.1 Å². The van der Waals surface area contributed by atoms with Crippen molar-refractivity contribution < 1.29 is 19.1 Å². The number of primary amides is 1. The maximum absolute atomic E-state index is 12.5. The molecule has 2 rings (SSSR count). The molecule has 20 heavy (non-hydrogen) atoms. The summed E-state index contributed by atoms with van der Waals surface area (Å²) in [6, 6.07) is 3.29. The monoisotopic (exact) mass is 279 g/mol. The standard InChI is InChI=1S/C13H17N3O4/c1-13(12(14)18)8-16(6-7-20-13)11(17)9-4-3-5-15-10(9)19-2/h3-5H,6-8H2,1-2H3,(H2,14,18)/t13-/m0/s1. The van der Waals surface area contributed by atoms with Crippen LogP contribution in [0, 0.1) is 0 Å². The number of carbonyl (C=O) groups excluding carboxylic acids is 2. The van der Waals surface area contributed by atoms with E-state index in [1.54, 1.807) is 25.3 Å². The lowest BCUT2D eigenvalue weighted by atomic mass is 10.0. The van der Waals surface area contributed by atoms with Crippen LogP contribution in [0.3, 0.4) is 0 Å². The molecule has 1 aromatic rings. The van der Waals surface area contributed by atoms with E-state index in [0.29, 0.717) is 12.1 Å². The van der Waals surface area contributed by atoms with Crippen LogP contribution >= 0.6 is 0 Å². The van der Waals surface area contributed by atoms with E-state index < -0.39 is 11.5 Å². The second-order valence-corrected chi connectivity index (χ2v) is 4.73. The Hall–Kier alpha value is -2.15. The van der Waals surface area contributed by atoms with Crippen LogP contribution in [0.1, 0.15) is 17.3 Å². The number of aromatic nitrogens is 1. The fraction of sp³-hybridized carbons (Fsp3) is 0.462. The summed E-state index contributed by atoms with van der Waals surface area (Å²) < 4.78 is 10.5. The van der Waals surface area contributed by atoms with Crippen molar-refractivity contribution in [3.63, 3.8) is 0 Å². The van der Waals surface area contributed by atoms with Gasteiger partial charge >= 0.3 is 0 Å². The second kappa shape index (κ2) is 5.46.